The van der Waals surface area contributed by atoms with Crippen LogP contribution in [0.2, 0.25) is 0 Å². The summed E-state index contributed by atoms with van der Waals surface area (Å²) in [4.78, 5) is 20.5. The van der Waals surface area contributed by atoms with Crippen molar-refractivity contribution in [2.45, 2.75) is 0 Å². The van der Waals surface area contributed by atoms with Crippen molar-refractivity contribution in [1.29, 1.82) is 0 Å². The summed E-state index contributed by atoms with van der Waals surface area (Å²) < 4.78 is 0. The van der Waals surface area contributed by atoms with E-state index in [2.05, 4.69) is 204 Å². The molecule has 4 nitrogen and oxygen atoms in total. The molecule has 64 heavy (non-hydrogen) atoms. The Morgan fingerprint density at radius 2 is 0.625 bits per heavy atom. The highest BCUT2D eigenvalue weighted by Crippen LogP contribution is 2.41. The maximum Gasteiger partial charge on any atom is 0.160 e. The van der Waals surface area contributed by atoms with Gasteiger partial charge in [-0.1, -0.05) is 146 Å². The van der Waals surface area contributed by atoms with Crippen molar-refractivity contribution < 1.29 is 0 Å². The van der Waals surface area contributed by atoms with Gasteiger partial charge in [-0.3, -0.25) is 9.97 Å². The van der Waals surface area contributed by atoms with Gasteiger partial charge in [0.2, 0.25) is 0 Å². The summed E-state index contributed by atoms with van der Waals surface area (Å²) in [7, 11) is 0. The van der Waals surface area contributed by atoms with Crippen molar-refractivity contribution in [1.82, 2.24) is 19.9 Å². The molecule has 0 bridgehead atoms. The summed E-state index contributed by atoms with van der Waals surface area (Å²) in [6.07, 6.45) is 3.68. The van der Waals surface area contributed by atoms with E-state index in [4.69, 9.17) is 9.97 Å². The number of hydrogen-bond acceptors (Lipinski definition) is 4. The Balaban J connectivity index is 1.14. The summed E-state index contributed by atoms with van der Waals surface area (Å²) in [5, 5.41) is 9.44. The van der Waals surface area contributed by atoms with E-state index in [9.17, 15) is 0 Å². The van der Waals surface area contributed by atoms with Gasteiger partial charge < -0.3 is 0 Å². The Morgan fingerprint density at radius 1 is 0.234 bits per heavy atom. The number of rotatable bonds is 7. The normalized spacial score (nSPS) is 11.4. The molecule has 0 saturated heterocycles. The molecular formula is C60H38N4. The molecule has 0 radical (unpaired) electrons. The minimum atomic E-state index is 0.645. The van der Waals surface area contributed by atoms with E-state index in [1.54, 1.807) is 0 Å². The van der Waals surface area contributed by atoms with Crippen LogP contribution in [0.1, 0.15) is 0 Å². The Labute approximate surface area is 370 Å². The Bertz CT molecular complexity index is 3490. The predicted molar refractivity (Wildman–Crippen MR) is 266 cm³/mol. The molecule has 298 valence electrons. The maximum atomic E-state index is 5.57. The van der Waals surface area contributed by atoms with Crippen molar-refractivity contribution in [2.75, 3.05) is 0 Å². The largest absolute Gasteiger partial charge is 0.256 e. The highest BCUT2D eigenvalue weighted by Gasteiger charge is 2.19. The average Bonchev–Trinajstić information content (AvgIpc) is 3.38. The molecule has 0 spiro atoms. The number of nitrogens with zero attached hydrogens (tertiary/aromatic N) is 4. The van der Waals surface area contributed by atoms with E-state index in [1.807, 2.05) is 36.7 Å². The van der Waals surface area contributed by atoms with Crippen LogP contribution in [-0.4, -0.2) is 19.9 Å². The van der Waals surface area contributed by atoms with Gasteiger partial charge >= 0.3 is 0 Å². The lowest BCUT2D eigenvalue weighted by atomic mass is 9.92. The number of benzene rings is 9. The van der Waals surface area contributed by atoms with Crippen molar-refractivity contribution in [3.8, 4) is 78.7 Å². The van der Waals surface area contributed by atoms with Crippen molar-refractivity contribution in [3.05, 3.63) is 231 Å². The second-order valence-corrected chi connectivity index (χ2v) is 16.2. The van der Waals surface area contributed by atoms with E-state index >= 15 is 0 Å². The van der Waals surface area contributed by atoms with Crippen LogP contribution < -0.4 is 0 Å². The summed E-state index contributed by atoms with van der Waals surface area (Å²) in [6.45, 7) is 0. The minimum absolute atomic E-state index is 0.645. The zero-order valence-corrected chi connectivity index (χ0v) is 34.7. The first-order valence-electron chi connectivity index (χ1n) is 21.6. The van der Waals surface area contributed by atoms with Gasteiger partial charge in [-0.15, -0.1) is 0 Å². The molecule has 3 aromatic heterocycles. The van der Waals surface area contributed by atoms with E-state index < -0.39 is 0 Å². The fourth-order valence-electron chi connectivity index (χ4n) is 9.26. The molecule has 12 rings (SSSR count). The summed E-state index contributed by atoms with van der Waals surface area (Å²) >= 11 is 0. The molecule has 12 aromatic rings. The summed E-state index contributed by atoms with van der Waals surface area (Å²) in [6, 6.07) is 77.4. The monoisotopic (exact) mass is 814 g/mol. The Morgan fingerprint density at radius 3 is 1.09 bits per heavy atom. The standard InChI is InChI=1S/C60H38N4/c1-3-21-48-41(15-1)36-54(52-25-7-5-23-50(48)52)58-38-59(55-37-42-16-2-4-22-49(42)51-24-6-8-26-53(51)55)64-60(63-58)47-34-45(39-17-13-19-43(31-39)56-27-9-11-29-61-56)33-46(35-47)40-18-14-20-44(32-40)57-28-10-12-30-62-57/h1-38H. The zero-order chi connectivity index (χ0) is 42.4. The average molecular weight is 815 g/mol. The van der Waals surface area contributed by atoms with Gasteiger partial charge in [0.25, 0.3) is 0 Å². The lowest BCUT2D eigenvalue weighted by Gasteiger charge is -2.16. The van der Waals surface area contributed by atoms with Crippen LogP contribution >= 0.6 is 0 Å². The van der Waals surface area contributed by atoms with Gasteiger partial charge in [-0.25, -0.2) is 9.97 Å². The van der Waals surface area contributed by atoms with Crippen LogP contribution in [0.25, 0.3) is 122 Å². The van der Waals surface area contributed by atoms with Crippen LogP contribution in [0.5, 0.6) is 0 Å². The quantitative estimate of drug-likeness (QED) is 0.150. The molecule has 0 aliphatic rings. The highest BCUT2D eigenvalue weighted by molar-refractivity contribution is 6.15. The molecule has 0 N–H and O–H groups in total. The first kappa shape index (κ1) is 37.2. The maximum absolute atomic E-state index is 5.57. The number of fused-ring (bicyclic) bond motifs is 6. The topological polar surface area (TPSA) is 51.6 Å². The summed E-state index contributed by atoms with van der Waals surface area (Å²) in [5.74, 6) is 0.645. The van der Waals surface area contributed by atoms with E-state index in [0.717, 1.165) is 83.6 Å². The number of pyridine rings is 2. The van der Waals surface area contributed by atoms with Gasteiger partial charge in [-0.2, -0.15) is 0 Å². The smallest absolute Gasteiger partial charge is 0.160 e. The van der Waals surface area contributed by atoms with Crippen molar-refractivity contribution in [2.24, 2.45) is 0 Å². The molecule has 0 amide bonds. The molecule has 0 fully saturated rings. The van der Waals surface area contributed by atoms with Crippen molar-refractivity contribution >= 4 is 43.1 Å². The summed E-state index contributed by atoms with van der Waals surface area (Å²) in [5.41, 5.74) is 13.0. The second kappa shape index (κ2) is 15.7. The lowest BCUT2D eigenvalue weighted by molar-refractivity contribution is 1.19. The Kier molecular flexibility index (Phi) is 9.12. The van der Waals surface area contributed by atoms with E-state index in [1.165, 1.54) is 32.3 Å². The zero-order valence-electron chi connectivity index (χ0n) is 34.7. The molecule has 0 unspecified atom stereocenters. The molecule has 9 aromatic carbocycles. The third-order valence-corrected chi connectivity index (χ3v) is 12.3. The molecule has 0 aliphatic carbocycles. The highest BCUT2D eigenvalue weighted by atomic mass is 14.9. The third kappa shape index (κ3) is 6.75. The lowest BCUT2D eigenvalue weighted by Crippen LogP contribution is -1.98. The van der Waals surface area contributed by atoms with Crippen LogP contribution in [0.3, 0.4) is 0 Å². The molecule has 0 aliphatic heterocycles. The van der Waals surface area contributed by atoms with Crippen molar-refractivity contribution in [3.63, 3.8) is 0 Å². The van der Waals surface area contributed by atoms with Gasteiger partial charge in [0.1, 0.15) is 0 Å². The fraction of sp³-hybridized carbons (Fsp3) is 0. The minimum Gasteiger partial charge on any atom is -0.256 e. The van der Waals surface area contributed by atoms with E-state index in [-0.39, 0.29) is 0 Å². The molecule has 0 saturated carbocycles. The van der Waals surface area contributed by atoms with Gasteiger partial charge in [-0.05, 0) is 138 Å². The molecule has 0 atom stereocenters. The SMILES string of the molecule is c1ccc(-c2cccc(-c3cc(-c4cccc(-c5ccccn5)c4)cc(-c4nc(-c5cc6ccccc6c6ccccc56)cc(-c5cc6ccccc6c6ccccc56)n4)c3)c2)nc1. The van der Waals surface area contributed by atoms with Gasteiger partial charge in [0, 0.05) is 40.2 Å². The van der Waals surface area contributed by atoms with Crippen LogP contribution in [0.4, 0.5) is 0 Å². The fourth-order valence-corrected chi connectivity index (χ4v) is 9.26. The second-order valence-electron chi connectivity index (χ2n) is 16.2. The number of aromatic nitrogens is 4. The molecule has 4 heteroatoms. The predicted octanol–water partition coefficient (Wildman–Crippen LogP) is 15.5. The van der Waals surface area contributed by atoms with Gasteiger partial charge in [0.05, 0.1) is 22.8 Å². The first-order valence-corrected chi connectivity index (χ1v) is 21.6. The van der Waals surface area contributed by atoms with Crippen LogP contribution in [0, 0.1) is 0 Å². The molecular weight excluding hydrogens is 777 g/mol. The number of hydrogen-bond donors (Lipinski definition) is 0. The Hall–Kier alpha value is -8.60. The third-order valence-electron chi connectivity index (χ3n) is 12.3. The van der Waals surface area contributed by atoms with Gasteiger partial charge in [0.15, 0.2) is 5.82 Å². The molecule has 3 heterocycles. The van der Waals surface area contributed by atoms with Crippen LogP contribution in [-0.2, 0) is 0 Å². The first-order chi connectivity index (χ1) is 31.7. The van der Waals surface area contributed by atoms with Crippen LogP contribution in [0.15, 0.2) is 231 Å². The van der Waals surface area contributed by atoms with E-state index in [0.29, 0.717) is 5.82 Å².